The highest BCUT2D eigenvalue weighted by molar-refractivity contribution is 5.86. The first-order valence-electron chi connectivity index (χ1n) is 5.85. The topological polar surface area (TPSA) is 27.6 Å². The SMILES string of the molecule is C1=NN(c2ccccc2)NC(c2ccccc2)=C1. The lowest BCUT2D eigenvalue weighted by atomic mass is 10.1. The van der Waals surface area contributed by atoms with Crippen LogP contribution >= 0.6 is 0 Å². The Labute approximate surface area is 106 Å². The van der Waals surface area contributed by atoms with Crippen molar-refractivity contribution in [3.63, 3.8) is 0 Å². The predicted molar refractivity (Wildman–Crippen MR) is 75.0 cm³/mol. The van der Waals surface area contributed by atoms with Crippen molar-refractivity contribution >= 4 is 17.6 Å². The average molecular weight is 235 g/mol. The highest BCUT2D eigenvalue weighted by Crippen LogP contribution is 2.18. The second-order valence-electron chi connectivity index (χ2n) is 3.97. The van der Waals surface area contributed by atoms with Crippen LogP contribution in [-0.2, 0) is 0 Å². The molecule has 0 fully saturated rings. The zero-order chi connectivity index (χ0) is 12.2. The zero-order valence-corrected chi connectivity index (χ0v) is 9.82. The van der Waals surface area contributed by atoms with Crippen LogP contribution in [0.2, 0.25) is 0 Å². The van der Waals surface area contributed by atoms with E-state index in [1.807, 2.05) is 54.6 Å². The number of rotatable bonds is 2. The number of benzene rings is 2. The van der Waals surface area contributed by atoms with Crippen LogP contribution in [0.1, 0.15) is 5.56 Å². The van der Waals surface area contributed by atoms with Crippen LogP contribution in [0.25, 0.3) is 5.70 Å². The standard InChI is InChI=1S/C15H13N3/c1-3-7-13(8-4-1)15-11-12-16-18(17-15)14-9-5-2-6-10-14/h1-12,17H. The summed E-state index contributed by atoms with van der Waals surface area (Å²) in [5, 5.41) is 6.06. The molecule has 2 aromatic rings. The Balaban J connectivity index is 1.85. The molecular weight excluding hydrogens is 222 g/mol. The molecule has 1 aliphatic rings. The van der Waals surface area contributed by atoms with E-state index >= 15 is 0 Å². The summed E-state index contributed by atoms with van der Waals surface area (Å²) < 4.78 is 0. The summed E-state index contributed by atoms with van der Waals surface area (Å²) in [7, 11) is 0. The normalized spacial score (nSPS) is 14.0. The van der Waals surface area contributed by atoms with Crippen molar-refractivity contribution in [3.8, 4) is 0 Å². The second kappa shape index (κ2) is 4.75. The predicted octanol–water partition coefficient (Wildman–Crippen LogP) is 3.04. The zero-order valence-electron chi connectivity index (χ0n) is 9.82. The molecule has 0 spiro atoms. The fourth-order valence-corrected chi connectivity index (χ4v) is 1.83. The van der Waals surface area contributed by atoms with Crippen molar-refractivity contribution in [1.29, 1.82) is 0 Å². The number of nitrogens with zero attached hydrogens (tertiary/aromatic N) is 2. The van der Waals surface area contributed by atoms with E-state index < -0.39 is 0 Å². The first-order chi connectivity index (χ1) is 8.93. The summed E-state index contributed by atoms with van der Waals surface area (Å²) in [5.41, 5.74) is 6.47. The minimum atomic E-state index is 1.01. The maximum Gasteiger partial charge on any atom is 0.0834 e. The fraction of sp³-hybridized carbons (Fsp3) is 0. The van der Waals surface area contributed by atoms with Gasteiger partial charge in [-0.25, -0.2) is 0 Å². The van der Waals surface area contributed by atoms with E-state index in [0.29, 0.717) is 0 Å². The van der Waals surface area contributed by atoms with E-state index in [1.165, 1.54) is 0 Å². The first kappa shape index (κ1) is 10.6. The van der Waals surface area contributed by atoms with Gasteiger partial charge in [-0.1, -0.05) is 48.5 Å². The first-order valence-corrected chi connectivity index (χ1v) is 5.85. The number of hydrazone groups is 1. The molecule has 3 rings (SSSR count). The molecule has 0 amide bonds. The highest BCUT2D eigenvalue weighted by atomic mass is 15.7. The van der Waals surface area contributed by atoms with Gasteiger partial charge in [0.05, 0.1) is 17.6 Å². The van der Waals surface area contributed by atoms with E-state index in [1.54, 1.807) is 11.3 Å². The molecule has 0 radical (unpaired) electrons. The molecule has 0 aliphatic carbocycles. The Morgan fingerprint density at radius 2 is 1.50 bits per heavy atom. The van der Waals surface area contributed by atoms with Gasteiger partial charge < -0.3 is 0 Å². The van der Waals surface area contributed by atoms with Crippen LogP contribution in [0.3, 0.4) is 0 Å². The molecule has 1 heterocycles. The third-order valence-corrected chi connectivity index (χ3v) is 2.74. The van der Waals surface area contributed by atoms with Crippen molar-refractivity contribution < 1.29 is 0 Å². The quantitative estimate of drug-likeness (QED) is 0.866. The van der Waals surface area contributed by atoms with Gasteiger partial charge >= 0.3 is 0 Å². The molecule has 0 atom stereocenters. The highest BCUT2D eigenvalue weighted by Gasteiger charge is 2.10. The van der Waals surface area contributed by atoms with Gasteiger partial charge in [0.2, 0.25) is 0 Å². The summed E-state index contributed by atoms with van der Waals surface area (Å²) in [4.78, 5) is 0. The number of hydrazine groups is 1. The minimum absolute atomic E-state index is 1.01. The largest absolute Gasteiger partial charge is 0.277 e. The minimum Gasteiger partial charge on any atom is -0.277 e. The molecule has 0 unspecified atom stereocenters. The molecule has 0 saturated carbocycles. The Kier molecular flexibility index (Phi) is 2.80. The second-order valence-corrected chi connectivity index (χ2v) is 3.97. The molecule has 0 bridgehead atoms. The third kappa shape index (κ3) is 2.11. The van der Waals surface area contributed by atoms with E-state index in [4.69, 9.17) is 0 Å². The monoisotopic (exact) mass is 235 g/mol. The van der Waals surface area contributed by atoms with E-state index in [9.17, 15) is 0 Å². The van der Waals surface area contributed by atoms with Crippen molar-refractivity contribution in [3.05, 3.63) is 72.3 Å². The van der Waals surface area contributed by atoms with Gasteiger partial charge in [0.25, 0.3) is 0 Å². The Bertz CT molecular complexity index is 573. The number of hydrogen-bond acceptors (Lipinski definition) is 3. The molecule has 3 heteroatoms. The molecule has 1 aliphatic heterocycles. The van der Waals surface area contributed by atoms with E-state index in [0.717, 1.165) is 16.9 Å². The van der Waals surface area contributed by atoms with Gasteiger partial charge in [-0.2, -0.15) is 10.2 Å². The molecule has 2 aromatic carbocycles. The van der Waals surface area contributed by atoms with E-state index in [2.05, 4.69) is 22.7 Å². The fourth-order valence-electron chi connectivity index (χ4n) is 1.83. The van der Waals surface area contributed by atoms with Crippen LogP contribution in [0.4, 0.5) is 5.69 Å². The summed E-state index contributed by atoms with van der Waals surface area (Å²) in [6.07, 6.45) is 3.76. The van der Waals surface area contributed by atoms with Gasteiger partial charge in [-0.15, -0.1) is 0 Å². The summed E-state index contributed by atoms with van der Waals surface area (Å²) >= 11 is 0. The van der Waals surface area contributed by atoms with Gasteiger partial charge in [-0.3, -0.25) is 5.43 Å². The van der Waals surface area contributed by atoms with Gasteiger partial charge in [0.1, 0.15) is 0 Å². The number of para-hydroxylation sites is 1. The number of allylic oxidation sites excluding steroid dienone is 1. The van der Waals surface area contributed by atoms with Crippen LogP contribution in [0.15, 0.2) is 71.8 Å². The third-order valence-electron chi connectivity index (χ3n) is 2.74. The molecule has 0 saturated heterocycles. The van der Waals surface area contributed by atoms with Crippen LogP contribution < -0.4 is 10.5 Å². The maximum atomic E-state index is 4.30. The smallest absolute Gasteiger partial charge is 0.0834 e. The lowest BCUT2D eigenvalue weighted by Crippen LogP contribution is -2.34. The van der Waals surface area contributed by atoms with Gasteiger partial charge in [0, 0.05) is 0 Å². The van der Waals surface area contributed by atoms with Crippen molar-refractivity contribution in [1.82, 2.24) is 5.43 Å². The average Bonchev–Trinajstić information content (AvgIpc) is 2.49. The number of nitrogens with one attached hydrogen (secondary N) is 1. The Hall–Kier alpha value is -2.55. The summed E-state index contributed by atoms with van der Waals surface area (Å²) in [6, 6.07) is 20.2. The van der Waals surface area contributed by atoms with Crippen molar-refractivity contribution in [2.45, 2.75) is 0 Å². The van der Waals surface area contributed by atoms with E-state index in [-0.39, 0.29) is 0 Å². The molecule has 3 nitrogen and oxygen atoms in total. The van der Waals surface area contributed by atoms with Crippen molar-refractivity contribution in [2.24, 2.45) is 5.10 Å². The molecule has 1 N–H and O–H groups in total. The number of hydrogen-bond donors (Lipinski definition) is 1. The van der Waals surface area contributed by atoms with Gasteiger partial charge in [-0.05, 0) is 23.8 Å². The Morgan fingerprint density at radius 3 is 2.22 bits per heavy atom. The lowest BCUT2D eigenvalue weighted by Gasteiger charge is -2.25. The summed E-state index contributed by atoms with van der Waals surface area (Å²) in [5.74, 6) is 0. The number of anilines is 1. The molecule has 0 aromatic heterocycles. The lowest BCUT2D eigenvalue weighted by molar-refractivity contribution is 0.791. The maximum absolute atomic E-state index is 4.30. The Morgan fingerprint density at radius 1 is 0.833 bits per heavy atom. The van der Waals surface area contributed by atoms with Crippen LogP contribution in [-0.4, -0.2) is 6.21 Å². The summed E-state index contributed by atoms with van der Waals surface area (Å²) in [6.45, 7) is 0. The molecule has 18 heavy (non-hydrogen) atoms. The molecule has 88 valence electrons. The van der Waals surface area contributed by atoms with Crippen LogP contribution in [0, 0.1) is 0 Å². The van der Waals surface area contributed by atoms with Gasteiger partial charge in [0.15, 0.2) is 0 Å². The van der Waals surface area contributed by atoms with Crippen LogP contribution in [0.5, 0.6) is 0 Å². The van der Waals surface area contributed by atoms with Crippen molar-refractivity contribution in [2.75, 3.05) is 5.12 Å². The molecular formula is C15H13N3.